The van der Waals surface area contributed by atoms with E-state index < -0.39 is 5.60 Å². The van der Waals surface area contributed by atoms with Crippen LogP contribution in [-0.2, 0) is 0 Å². The standard InChI is InChI=1S/C28H30N8O2/c1-17-9-31-27(32-10-17)34-25-19-6-20(25)14-35(13-19)24-5-4-18(11-30-24)23-7-22(38-16-28(2,3)37)15-36-26(23)21(8-29)12-33-36/h4-5,7,9-12,15,19-20,25,37H,6,13-14,16H2,1-3H3,(H,31,32,34)/t19-,20+,25?. The van der Waals surface area contributed by atoms with E-state index in [0.717, 1.165) is 35.6 Å². The van der Waals surface area contributed by atoms with Crippen molar-refractivity contribution in [3.8, 4) is 22.9 Å². The molecule has 3 fully saturated rings. The van der Waals surface area contributed by atoms with Crippen LogP contribution in [0.5, 0.6) is 5.75 Å². The lowest BCUT2D eigenvalue weighted by Crippen LogP contribution is -2.61. The third kappa shape index (κ3) is 4.61. The van der Waals surface area contributed by atoms with Gasteiger partial charge in [-0.25, -0.2) is 19.5 Å². The average molecular weight is 511 g/mol. The molecule has 6 heterocycles. The van der Waals surface area contributed by atoms with Crippen LogP contribution in [0, 0.1) is 30.1 Å². The maximum absolute atomic E-state index is 10.1. The number of nitrogens with zero attached hydrogens (tertiary/aromatic N) is 7. The highest BCUT2D eigenvalue weighted by Gasteiger charge is 2.47. The third-order valence-corrected chi connectivity index (χ3v) is 7.29. The fourth-order valence-corrected chi connectivity index (χ4v) is 5.40. The van der Waals surface area contributed by atoms with Gasteiger partial charge >= 0.3 is 0 Å². The molecule has 2 aliphatic heterocycles. The molecule has 1 aliphatic carbocycles. The Hall–Kier alpha value is -4.23. The van der Waals surface area contributed by atoms with Gasteiger partial charge in [-0.05, 0) is 62.8 Å². The zero-order chi connectivity index (χ0) is 26.4. The summed E-state index contributed by atoms with van der Waals surface area (Å²) in [6, 6.07) is 8.55. The van der Waals surface area contributed by atoms with Gasteiger partial charge in [-0.2, -0.15) is 10.4 Å². The van der Waals surface area contributed by atoms with Crippen molar-refractivity contribution in [2.45, 2.75) is 38.8 Å². The smallest absolute Gasteiger partial charge is 0.222 e. The molecule has 0 amide bonds. The number of aliphatic hydroxyl groups is 1. The Morgan fingerprint density at radius 1 is 1.13 bits per heavy atom. The third-order valence-electron chi connectivity index (χ3n) is 7.29. The van der Waals surface area contributed by atoms with Gasteiger partial charge in [-0.15, -0.1) is 0 Å². The predicted octanol–water partition coefficient (Wildman–Crippen LogP) is 3.45. The molecule has 0 spiro atoms. The number of pyridine rings is 2. The largest absolute Gasteiger partial charge is 0.489 e. The molecule has 194 valence electrons. The maximum atomic E-state index is 10.1. The molecular weight excluding hydrogens is 480 g/mol. The van der Waals surface area contributed by atoms with Crippen LogP contribution in [0.1, 0.15) is 31.4 Å². The van der Waals surface area contributed by atoms with Crippen molar-refractivity contribution in [3.05, 3.63) is 60.3 Å². The van der Waals surface area contributed by atoms with Crippen molar-refractivity contribution < 1.29 is 9.84 Å². The summed E-state index contributed by atoms with van der Waals surface area (Å²) in [6.07, 6.45) is 9.99. The molecule has 7 rings (SSSR count). The zero-order valence-corrected chi connectivity index (χ0v) is 21.7. The molecule has 1 unspecified atom stereocenters. The Morgan fingerprint density at radius 2 is 1.89 bits per heavy atom. The normalized spacial score (nSPS) is 20.6. The second-order valence-corrected chi connectivity index (χ2v) is 11.0. The van der Waals surface area contributed by atoms with E-state index in [1.54, 1.807) is 30.8 Å². The first-order valence-electron chi connectivity index (χ1n) is 12.8. The van der Waals surface area contributed by atoms with E-state index >= 15 is 0 Å². The van der Waals surface area contributed by atoms with Crippen molar-refractivity contribution in [3.63, 3.8) is 0 Å². The SMILES string of the molecule is Cc1cnc(NC2[C@@H]3C[C@H]2CN(c2ccc(-c4cc(OCC(C)(C)O)cn5ncc(C#N)c45)cn2)C3)nc1. The Morgan fingerprint density at radius 3 is 2.55 bits per heavy atom. The number of nitriles is 1. The predicted molar refractivity (Wildman–Crippen MR) is 143 cm³/mol. The molecule has 0 radical (unpaired) electrons. The van der Waals surface area contributed by atoms with Gasteiger partial charge in [0.15, 0.2) is 0 Å². The molecule has 10 heteroatoms. The van der Waals surface area contributed by atoms with Gasteiger partial charge in [0.2, 0.25) is 5.95 Å². The summed E-state index contributed by atoms with van der Waals surface area (Å²) in [5, 5.41) is 27.6. The number of ether oxygens (including phenoxy) is 1. The highest BCUT2D eigenvalue weighted by atomic mass is 16.5. The number of fused-ring (bicyclic) bond motifs is 3. The van der Waals surface area contributed by atoms with Crippen LogP contribution in [0.3, 0.4) is 0 Å². The van der Waals surface area contributed by atoms with Crippen molar-refractivity contribution in [2.75, 3.05) is 29.9 Å². The second-order valence-electron chi connectivity index (χ2n) is 11.0. The van der Waals surface area contributed by atoms with Crippen LogP contribution in [0.4, 0.5) is 11.8 Å². The molecule has 2 saturated heterocycles. The Labute approximate surface area is 220 Å². The maximum Gasteiger partial charge on any atom is 0.222 e. The fourth-order valence-electron chi connectivity index (χ4n) is 5.40. The summed E-state index contributed by atoms with van der Waals surface area (Å²) in [5.74, 6) is 3.23. The van der Waals surface area contributed by atoms with E-state index in [1.165, 1.54) is 6.42 Å². The summed E-state index contributed by atoms with van der Waals surface area (Å²) in [6.45, 7) is 7.35. The van der Waals surface area contributed by atoms with Crippen molar-refractivity contribution >= 4 is 17.3 Å². The highest BCUT2D eigenvalue weighted by Crippen LogP contribution is 2.42. The first kappa shape index (κ1) is 24.1. The van der Waals surface area contributed by atoms with Gasteiger partial charge in [0, 0.05) is 48.8 Å². The van der Waals surface area contributed by atoms with E-state index in [2.05, 4.69) is 31.4 Å². The lowest BCUT2D eigenvalue weighted by molar-refractivity contribution is 0.0283. The van der Waals surface area contributed by atoms with Crippen LogP contribution < -0.4 is 15.0 Å². The van der Waals surface area contributed by atoms with Gasteiger partial charge in [0.1, 0.15) is 24.2 Å². The van der Waals surface area contributed by atoms with Crippen molar-refractivity contribution in [1.29, 1.82) is 5.26 Å². The molecular formula is C28H30N8O2. The first-order chi connectivity index (χ1) is 18.3. The number of hydrogen-bond acceptors (Lipinski definition) is 9. The molecule has 3 aliphatic rings. The molecule has 3 atom stereocenters. The zero-order valence-electron chi connectivity index (χ0n) is 21.7. The topological polar surface area (TPSA) is 124 Å². The summed E-state index contributed by atoms with van der Waals surface area (Å²) >= 11 is 0. The van der Waals surface area contributed by atoms with E-state index in [9.17, 15) is 10.4 Å². The fraction of sp³-hybridized carbons (Fsp3) is 0.393. The van der Waals surface area contributed by atoms with E-state index in [0.29, 0.717) is 40.7 Å². The highest BCUT2D eigenvalue weighted by molar-refractivity contribution is 5.85. The van der Waals surface area contributed by atoms with Crippen molar-refractivity contribution in [2.24, 2.45) is 11.8 Å². The molecule has 2 N–H and O–H groups in total. The number of anilines is 2. The molecule has 1 saturated carbocycles. The van der Waals surface area contributed by atoms with Crippen LogP contribution in [-0.4, -0.2) is 61.0 Å². The lowest BCUT2D eigenvalue weighted by Gasteiger charge is -2.54. The minimum Gasteiger partial charge on any atom is -0.489 e. The summed E-state index contributed by atoms with van der Waals surface area (Å²) in [5.41, 5.74) is 2.92. The molecule has 4 aromatic heterocycles. The first-order valence-corrected chi connectivity index (χ1v) is 12.8. The summed E-state index contributed by atoms with van der Waals surface area (Å²) in [4.78, 5) is 16.0. The Balaban J connectivity index is 1.21. The van der Waals surface area contributed by atoms with Gasteiger partial charge < -0.3 is 20.1 Å². The molecule has 38 heavy (non-hydrogen) atoms. The van der Waals surface area contributed by atoms with E-state index in [-0.39, 0.29) is 6.61 Å². The van der Waals surface area contributed by atoms with Gasteiger partial charge in [0.05, 0.1) is 29.1 Å². The van der Waals surface area contributed by atoms with Gasteiger partial charge in [-0.3, -0.25) is 0 Å². The van der Waals surface area contributed by atoms with E-state index in [4.69, 9.17) is 9.72 Å². The molecule has 2 bridgehead atoms. The monoisotopic (exact) mass is 510 g/mol. The van der Waals surface area contributed by atoms with Crippen LogP contribution >= 0.6 is 0 Å². The average Bonchev–Trinajstić information content (AvgIpc) is 3.34. The van der Waals surface area contributed by atoms with E-state index in [1.807, 2.05) is 43.7 Å². The number of nitrogens with one attached hydrogen (secondary N) is 1. The lowest BCUT2D eigenvalue weighted by atomic mass is 9.66. The van der Waals surface area contributed by atoms with Gasteiger partial charge in [0.25, 0.3) is 0 Å². The van der Waals surface area contributed by atoms with Crippen LogP contribution in [0.2, 0.25) is 0 Å². The quantitative estimate of drug-likeness (QED) is 0.385. The number of hydrogen-bond donors (Lipinski definition) is 2. The number of piperidine rings is 2. The number of aromatic nitrogens is 5. The molecule has 10 nitrogen and oxygen atoms in total. The van der Waals surface area contributed by atoms with Crippen molar-refractivity contribution in [1.82, 2.24) is 24.6 Å². The molecule has 4 aromatic rings. The Kier molecular flexibility index (Phi) is 5.88. The number of rotatable bonds is 7. The Bertz CT molecular complexity index is 1490. The minimum atomic E-state index is -0.975. The summed E-state index contributed by atoms with van der Waals surface area (Å²) < 4.78 is 7.48. The minimum absolute atomic E-state index is 0.130. The number of aryl methyl sites for hydroxylation is 1. The summed E-state index contributed by atoms with van der Waals surface area (Å²) in [7, 11) is 0. The van der Waals surface area contributed by atoms with Crippen LogP contribution in [0.25, 0.3) is 16.6 Å². The second kappa shape index (κ2) is 9.26. The molecule has 0 aromatic carbocycles. The van der Waals surface area contributed by atoms with Gasteiger partial charge in [-0.1, -0.05) is 0 Å². The van der Waals surface area contributed by atoms with Crippen LogP contribution in [0.15, 0.2) is 49.2 Å².